The Morgan fingerprint density at radius 2 is 1.64 bits per heavy atom. The third-order valence-electron chi connectivity index (χ3n) is 6.76. The molecular weight excluding hydrogens is 496 g/mol. The molecule has 1 fully saturated rings. The van der Waals surface area contributed by atoms with Crippen molar-refractivity contribution in [2.75, 3.05) is 32.7 Å². The van der Waals surface area contributed by atoms with Crippen molar-refractivity contribution in [1.29, 1.82) is 0 Å². The fraction of sp³-hybridized carbons (Fsp3) is 0.500. The van der Waals surface area contributed by atoms with Gasteiger partial charge in [0.1, 0.15) is 17.2 Å². The molecule has 1 saturated heterocycles. The van der Waals surface area contributed by atoms with Crippen LogP contribution in [-0.4, -0.2) is 62.6 Å². The Hall–Kier alpha value is -1.99. The molecule has 4 rings (SSSR count). The third kappa shape index (κ3) is 7.06. The molecule has 8 heteroatoms. The predicted molar refractivity (Wildman–Crippen MR) is 153 cm³/mol. The molecule has 0 atom stereocenters. The number of hydrogen-bond donors (Lipinski definition) is 0. The molecule has 0 saturated carbocycles. The van der Waals surface area contributed by atoms with E-state index < -0.39 is 0 Å². The third-order valence-corrected chi connectivity index (χ3v) is 6.76. The lowest BCUT2D eigenvalue weighted by molar-refractivity contribution is 0.0645. The minimum Gasteiger partial charge on any atom is -0.308 e. The minimum absolute atomic E-state index is 0. The van der Waals surface area contributed by atoms with Gasteiger partial charge >= 0.3 is 0 Å². The fourth-order valence-electron chi connectivity index (χ4n) is 4.80. The number of fused-ring (bicyclic) bond motifs is 1. The molecule has 0 radical (unpaired) electrons. The van der Waals surface area contributed by atoms with Gasteiger partial charge in [0, 0.05) is 43.8 Å². The predicted octanol–water partition coefficient (Wildman–Crippen LogP) is 6.23. The van der Waals surface area contributed by atoms with Crippen molar-refractivity contribution in [2.24, 2.45) is 0 Å². The van der Waals surface area contributed by atoms with Crippen LogP contribution in [0.1, 0.15) is 55.9 Å². The molecule has 0 bridgehead atoms. The monoisotopic (exact) mass is 535 g/mol. The van der Waals surface area contributed by atoms with Crippen LogP contribution in [-0.2, 0) is 13.0 Å². The highest BCUT2D eigenvalue weighted by Gasteiger charge is 2.26. The highest BCUT2D eigenvalue weighted by molar-refractivity contribution is 5.85. The van der Waals surface area contributed by atoms with Gasteiger partial charge in [-0.25, -0.2) is 14.4 Å². The molecule has 0 spiro atoms. The molecular formula is C28H40Cl2FN5. The molecule has 36 heavy (non-hydrogen) atoms. The van der Waals surface area contributed by atoms with E-state index in [4.69, 9.17) is 9.97 Å². The largest absolute Gasteiger partial charge is 0.308 e. The number of nitrogens with zero attached hydrogens (tertiary/aromatic N) is 5. The Morgan fingerprint density at radius 1 is 1.00 bits per heavy atom. The van der Waals surface area contributed by atoms with E-state index in [1.54, 1.807) is 6.08 Å². The fourth-order valence-corrected chi connectivity index (χ4v) is 4.80. The van der Waals surface area contributed by atoms with Crippen molar-refractivity contribution in [3.05, 3.63) is 64.4 Å². The highest BCUT2D eigenvalue weighted by atomic mass is 35.5. The van der Waals surface area contributed by atoms with Crippen LogP contribution in [0.3, 0.4) is 0 Å². The van der Waals surface area contributed by atoms with Crippen molar-refractivity contribution < 1.29 is 4.39 Å². The molecule has 1 aromatic carbocycles. The number of imidazole rings is 1. The van der Waals surface area contributed by atoms with Crippen molar-refractivity contribution in [2.45, 2.75) is 60.0 Å². The molecule has 0 unspecified atom stereocenters. The first-order chi connectivity index (χ1) is 16.1. The normalized spacial score (nSPS) is 15.6. The van der Waals surface area contributed by atoms with E-state index in [1.807, 2.05) is 19.1 Å². The summed E-state index contributed by atoms with van der Waals surface area (Å²) in [6.45, 7) is 17.8. The summed E-state index contributed by atoms with van der Waals surface area (Å²) < 4.78 is 17.0. The standard InChI is InChI=1S/C28H38FN5.2ClH/c1-7-25-31-26-20(2)16-21(3)30-27(26)34(25)18-23-10-8-22(9-11-23)17-24(29)19-32-12-14-33(15-13-32)28(4,5)6;;/h8-11,16-17H,7,12-15,18-19H2,1-6H3;2*1H/b24-17-;;. The van der Waals surface area contributed by atoms with Crippen LogP contribution < -0.4 is 0 Å². The van der Waals surface area contributed by atoms with Crippen LogP contribution in [0.5, 0.6) is 0 Å². The second kappa shape index (κ2) is 12.5. The first kappa shape index (κ1) is 30.2. The van der Waals surface area contributed by atoms with Crippen LogP contribution in [0.15, 0.2) is 36.2 Å². The van der Waals surface area contributed by atoms with Gasteiger partial charge in [0.2, 0.25) is 0 Å². The van der Waals surface area contributed by atoms with Crippen molar-refractivity contribution in [3.8, 4) is 0 Å². The summed E-state index contributed by atoms with van der Waals surface area (Å²) >= 11 is 0. The molecule has 2 aromatic heterocycles. The lowest BCUT2D eigenvalue weighted by Gasteiger charge is -2.42. The summed E-state index contributed by atoms with van der Waals surface area (Å²) in [6, 6.07) is 10.2. The number of aryl methyl sites for hydroxylation is 3. The number of piperazine rings is 1. The van der Waals surface area contributed by atoms with Crippen LogP contribution in [0.4, 0.5) is 4.39 Å². The minimum atomic E-state index is -0.0824. The number of benzene rings is 1. The molecule has 1 aliphatic rings. The van der Waals surface area contributed by atoms with Crippen molar-refractivity contribution >= 4 is 42.1 Å². The number of pyridine rings is 1. The van der Waals surface area contributed by atoms with Crippen LogP contribution in [0.2, 0.25) is 0 Å². The van der Waals surface area contributed by atoms with Gasteiger partial charge in [-0.1, -0.05) is 31.2 Å². The molecule has 3 aromatic rings. The quantitative estimate of drug-likeness (QED) is 0.375. The zero-order valence-electron chi connectivity index (χ0n) is 22.3. The summed E-state index contributed by atoms with van der Waals surface area (Å²) in [7, 11) is 0. The average Bonchev–Trinajstić information content (AvgIpc) is 3.12. The van der Waals surface area contributed by atoms with Crippen molar-refractivity contribution in [3.63, 3.8) is 0 Å². The maximum atomic E-state index is 14.7. The topological polar surface area (TPSA) is 37.2 Å². The molecule has 198 valence electrons. The van der Waals surface area contributed by atoms with E-state index in [0.29, 0.717) is 13.1 Å². The number of hydrogen-bond acceptors (Lipinski definition) is 4. The van der Waals surface area contributed by atoms with E-state index in [1.165, 1.54) is 0 Å². The van der Waals surface area contributed by atoms with Crippen LogP contribution in [0, 0.1) is 13.8 Å². The molecule has 1 aliphatic heterocycles. The molecule has 0 aliphatic carbocycles. The second-order valence-corrected chi connectivity index (χ2v) is 10.5. The Morgan fingerprint density at radius 3 is 2.22 bits per heavy atom. The number of halogens is 3. The summed E-state index contributed by atoms with van der Waals surface area (Å²) in [4.78, 5) is 14.3. The second-order valence-electron chi connectivity index (χ2n) is 10.5. The van der Waals surface area contributed by atoms with Crippen LogP contribution in [0.25, 0.3) is 17.2 Å². The van der Waals surface area contributed by atoms with Gasteiger partial charge in [0.15, 0.2) is 5.65 Å². The summed E-state index contributed by atoms with van der Waals surface area (Å²) in [5.41, 5.74) is 6.31. The number of aromatic nitrogens is 3. The summed E-state index contributed by atoms with van der Waals surface area (Å²) in [6.07, 6.45) is 2.52. The first-order valence-electron chi connectivity index (χ1n) is 12.4. The average molecular weight is 537 g/mol. The van der Waals surface area contributed by atoms with Gasteiger partial charge < -0.3 is 4.57 Å². The zero-order valence-corrected chi connectivity index (χ0v) is 24.0. The summed E-state index contributed by atoms with van der Waals surface area (Å²) in [5, 5.41) is 0. The van der Waals surface area contributed by atoms with Gasteiger partial charge in [-0.05, 0) is 63.5 Å². The maximum Gasteiger partial charge on any atom is 0.160 e. The Labute approximate surface area is 227 Å². The van der Waals surface area contributed by atoms with E-state index in [-0.39, 0.29) is 36.2 Å². The van der Waals surface area contributed by atoms with Gasteiger partial charge in [0.05, 0.1) is 13.1 Å². The Balaban J connectivity index is 0.00000228. The van der Waals surface area contributed by atoms with Gasteiger partial charge in [-0.3, -0.25) is 9.80 Å². The molecule has 5 nitrogen and oxygen atoms in total. The highest BCUT2D eigenvalue weighted by Crippen LogP contribution is 2.22. The SMILES string of the molecule is CCc1nc2c(C)cc(C)nc2n1Cc1ccc(/C=C(\F)CN2CCN(C(C)(C)C)CC2)cc1.Cl.Cl. The Kier molecular flexibility index (Phi) is 10.5. The first-order valence-corrected chi connectivity index (χ1v) is 12.4. The number of rotatable bonds is 6. The van der Waals surface area contributed by atoms with Gasteiger partial charge in [-0.15, -0.1) is 24.8 Å². The molecule has 0 N–H and O–H groups in total. The van der Waals surface area contributed by atoms with E-state index in [9.17, 15) is 4.39 Å². The van der Waals surface area contributed by atoms with E-state index in [2.05, 4.69) is 67.2 Å². The summed E-state index contributed by atoms with van der Waals surface area (Å²) in [5.74, 6) is 0.957. The smallest absolute Gasteiger partial charge is 0.160 e. The van der Waals surface area contributed by atoms with Crippen molar-refractivity contribution in [1.82, 2.24) is 24.3 Å². The zero-order chi connectivity index (χ0) is 24.5. The Bertz CT molecular complexity index is 1170. The molecule has 3 heterocycles. The van der Waals surface area contributed by atoms with Crippen LogP contribution >= 0.6 is 24.8 Å². The lowest BCUT2D eigenvalue weighted by atomic mass is 10.0. The van der Waals surface area contributed by atoms with E-state index >= 15 is 0 Å². The van der Waals surface area contributed by atoms with Gasteiger partial charge in [-0.2, -0.15) is 0 Å². The van der Waals surface area contributed by atoms with Gasteiger partial charge in [0.25, 0.3) is 0 Å². The molecule has 0 amide bonds. The van der Waals surface area contributed by atoms with E-state index in [0.717, 1.165) is 72.0 Å². The lowest BCUT2D eigenvalue weighted by Crippen LogP contribution is -2.53. The maximum absolute atomic E-state index is 14.7.